The maximum atomic E-state index is 13.2. The summed E-state index contributed by atoms with van der Waals surface area (Å²) >= 11 is 0. The summed E-state index contributed by atoms with van der Waals surface area (Å²) in [5.74, 6) is -0.760. The first kappa shape index (κ1) is 20.4. The van der Waals surface area contributed by atoms with Gasteiger partial charge in [-0.25, -0.2) is 0 Å². The summed E-state index contributed by atoms with van der Waals surface area (Å²) < 4.78 is 93.7. The van der Waals surface area contributed by atoms with Crippen molar-refractivity contribution >= 4 is 25.7 Å². The lowest BCUT2D eigenvalue weighted by molar-refractivity contribution is -0.794. The van der Waals surface area contributed by atoms with Crippen LogP contribution in [0.25, 0.3) is 11.1 Å². The summed E-state index contributed by atoms with van der Waals surface area (Å²) in [6.45, 7) is 0. The van der Waals surface area contributed by atoms with Crippen LogP contribution in [0.1, 0.15) is 0 Å². The van der Waals surface area contributed by atoms with Crippen LogP contribution in [0.2, 0.25) is 0 Å². The summed E-state index contributed by atoms with van der Waals surface area (Å²) in [5, 5.41) is 0. The van der Waals surface area contributed by atoms with Gasteiger partial charge in [-0.3, -0.25) is 0 Å². The van der Waals surface area contributed by atoms with Crippen molar-refractivity contribution in [2.24, 2.45) is 0 Å². The lowest BCUT2D eigenvalue weighted by Gasteiger charge is -2.22. The van der Waals surface area contributed by atoms with Crippen molar-refractivity contribution in [3.05, 3.63) is 48.5 Å². The normalized spacial score (nSPS) is 12.8. The molecule has 0 aliphatic carbocycles. The van der Waals surface area contributed by atoms with E-state index in [-0.39, 0.29) is 16.8 Å². The molecule has 2 aromatic carbocycles. The topological polar surface area (TPSA) is 69.2 Å². The van der Waals surface area contributed by atoms with Gasteiger partial charge in [0.1, 0.15) is 5.75 Å². The molecule has 12 heteroatoms. The van der Waals surface area contributed by atoms with E-state index in [0.29, 0.717) is 0 Å². The number of benzene rings is 2. The van der Waals surface area contributed by atoms with Crippen LogP contribution < -0.4 is 10.2 Å². The molecule has 0 aliphatic rings. The van der Waals surface area contributed by atoms with Crippen molar-refractivity contribution in [1.29, 1.82) is 0 Å². The molecule has 142 valence electrons. The molecule has 26 heavy (non-hydrogen) atoms. The van der Waals surface area contributed by atoms with E-state index < -0.39 is 27.4 Å². The van der Waals surface area contributed by atoms with Crippen LogP contribution in [0.15, 0.2) is 48.5 Å². The highest BCUT2D eigenvalue weighted by atomic mass is 35.7. The van der Waals surface area contributed by atoms with Gasteiger partial charge in [0.05, 0.1) is 10.7 Å². The molecule has 0 amide bonds. The molecular weight excluding hydrogens is 409 g/mol. The maximum absolute atomic E-state index is 13.2. The fourth-order valence-electron chi connectivity index (χ4n) is 1.93. The van der Waals surface area contributed by atoms with Crippen molar-refractivity contribution in [3.63, 3.8) is 0 Å². The zero-order valence-electron chi connectivity index (χ0n) is 12.5. The van der Waals surface area contributed by atoms with Crippen LogP contribution in [-0.2, 0) is 13.6 Å². The first-order chi connectivity index (χ1) is 11.9. The molecule has 0 heterocycles. The van der Waals surface area contributed by atoms with Crippen LogP contribution >= 0.6 is 10.7 Å². The minimum absolute atomic E-state index is 0.0584. The number of hydrogen-bond acceptors (Lipinski definition) is 4. The molecule has 0 unspecified atom stereocenters. The highest BCUT2D eigenvalue weighted by molar-refractivity contribution is 8.09. The molecule has 0 aromatic heterocycles. The summed E-state index contributed by atoms with van der Waals surface area (Å²) in [6, 6.07) is 10.4. The third kappa shape index (κ3) is 5.04. The monoisotopic (exact) mass is 418 g/mol. The molecule has 0 bridgehead atoms. The second-order valence-electron chi connectivity index (χ2n) is 4.81. The van der Waals surface area contributed by atoms with E-state index in [1.54, 1.807) is 0 Å². The highest BCUT2D eigenvalue weighted by Crippen LogP contribution is 2.41. The Morgan fingerprint density at radius 1 is 0.885 bits per heavy atom. The van der Waals surface area contributed by atoms with E-state index in [9.17, 15) is 30.4 Å². The van der Waals surface area contributed by atoms with Crippen molar-refractivity contribution < 1.29 is 44.9 Å². The first-order valence-electron chi connectivity index (χ1n) is 6.69. The minimum atomic E-state index is -5.92. The van der Waals surface area contributed by atoms with Gasteiger partial charge in [0.15, 0.2) is 5.69 Å². The van der Waals surface area contributed by atoms with E-state index in [1.807, 2.05) is 0 Å². The molecule has 5 nitrogen and oxygen atoms in total. The Morgan fingerprint density at radius 2 is 1.42 bits per heavy atom. The quantitative estimate of drug-likeness (QED) is 0.337. The third-order valence-corrected chi connectivity index (χ3v) is 3.54. The smallest absolute Gasteiger partial charge is 0.425 e. The summed E-state index contributed by atoms with van der Waals surface area (Å²) in [6.07, 6.45) is -11.3. The zero-order valence-corrected chi connectivity index (χ0v) is 14.1. The minimum Gasteiger partial charge on any atom is -0.425 e. The van der Waals surface area contributed by atoms with Crippen LogP contribution in [0, 0.1) is 0 Å². The van der Waals surface area contributed by atoms with Gasteiger partial charge in [0, 0.05) is 17.2 Å². The predicted octanol–water partition coefficient (Wildman–Crippen LogP) is 3.50. The van der Waals surface area contributed by atoms with Gasteiger partial charge in [-0.05, 0) is 12.1 Å². The summed E-state index contributed by atoms with van der Waals surface area (Å²) in [4.78, 5) is 0. The average molecular weight is 419 g/mol. The SMILES string of the molecule is O=S(=O)(Cl)O[NH2+]c1ccccc1-c1ccccc1OC(F)(F)C(F)(F)F. The third-order valence-electron chi connectivity index (χ3n) is 3.00. The van der Waals surface area contributed by atoms with Gasteiger partial charge in [-0.2, -0.15) is 30.4 Å². The molecule has 2 rings (SSSR count). The number of nitrogens with two attached hydrogens (primary N) is 1. The lowest BCUT2D eigenvalue weighted by atomic mass is 10.0. The predicted molar refractivity (Wildman–Crippen MR) is 81.0 cm³/mol. The number of hydrogen-bond donors (Lipinski definition) is 1. The van der Waals surface area contributed by atoms with Crippen LogP contribution in [-0.4, -0.2) is 20.7 Å². The fraction of sp³-hybridized carbons (Fsp3) is 0.143. The fourth-order valence-corrected chi connectivity index (χ4v) is 2.26. The second kappa shape index (κ2) is 7.35. The largest absolute Gasteiger partial charge is 0.499 e. The van der Waals surface area contributed by atoms with Crippen molar-refractivity contribution in [1.82, 2.24) is 0 Å². The number of quaternary nitrogens is 1. The highest BCUT2D eigenvalue weighted by Gasteiger charge is 2.61. The van der Waals surface area contributed by atoms with Crippen LogP contribution in [0.5, 0.6) is 5.75 Å². The van der Waals surface area contributed by atoms with E-state index >= 15 is 0 Å². The molecule has 0 radical (unpaired) electrons. The summed E-state index contributed by atoms with van der Waals surface area (Å²) in [7, 11) is 0.557. The van der Waals surface area contributed by atoms with Gasteiger partial charge < -0.3 is 4.74 Å². The van der Waals surface area contributed by atoms with Crippen LogP contribution in [0.3, 0.4) is 0 Å². The lowest BCUT2D eigenvalue weighted by Crippen LogP contribution is -2.77. The van der Waals surface area contributed by atoms with Gasteiger partial charge in [0.25, 0.3) is 0 Å². The van der Waals surface area contributed by atoms with Gasteiger partial charge in [-0.15, -0.1) is 5.48 Å². The molecule has 2 N–H and O–H groups in total. The van der Waals surface area contributed by atoms with E-state index in [2.05, 4.69) is 9.02 Å². The number of halogens is 6. The molecule has 0 atom stereocenters. The second-order valence-corrected chi connectivity index (χ2v) is 6.92. The number of para-hydroxylation sites is 1. The zero-order chi connectivity index (χ0) is 19.6. The van der Waals surface area contributed by atoms with E-state index in [1.165, 1.54) is 42.5 Å². The Labute approximate surface area is 148 Å². The number of ether oxygens (including phenoxy) is 1. The average Bonchev–Trinajstić information content (AvgIpc) is 2.52. The van der Waals surface area contributed by atoms with Gasteiger partial charge in [0.2, 0.25) is 0 Å². The van der Waals surface area contributed by atoms with Gasteiger partial charge in [-0.1, -0.05) is 34.6 Å². The summed E-state index contributed by atoms with van der Waals surface area (Å²) in [5.41, 5.74) is 0.722. The molecule has 2 aromatic rings. The molecule has 0 spiro atoms. The molecule has 0 saturated carbocycles. The van der Waals surface area contributed by atoms with Crippen molar-refractivity contribution in [2.75, 3.05) is 0 Å². The van der Waals surface area contributed by atoms with E-state index in [0.717, 1.165) is 11.5 Å². The Balaban J connectivity index is 2.45. The van der Waals surface area contributed by atoms with Crippen molar-refractivity contribution in [3.8, 4) is 16.9 Å². The van der Waals surface area contributed by atoms with E-state index in [4.69, 9.17) is 10.7 Å². The number of alkyl halides is 5. The maximum Gasteiger partial charge on any atom is 0.499 e. The Kier molecular flexibility index (Phi) is 5.76. The Bertz CT molecular complexity index is 889. The molecule has 0 aliphatic heterocycles. The van der Waals surface area contributed by atoms with Crippen LogP contribution in [0.4, 0.5) is 27.6 Å². The number of rotatable bonds is 6. The van der Waals surface area contributed by atoms with Gasteiger partial charge >= 0.3 is 21.6 Å². The van der Waals surface area contributed by atoms with Crippen molar-refractivity contribution in [2.45, 2.75) is 12.3 Å². The Hall–Kier alpha value is -1.95. The Morgan fingerprint density at radius 3 is 2.00 bits per heavy atom. The first-order valence-corrected chi connectivity index (χ1v) is 8.92. The molecule has 0 saturated heterocycles. The molecular formula is C14H10ClF5NO4S+. The molecule has 0 fully saturated rings. The standard InChI is InChI=1S/C14H9ClF5NO4S/c15-26(22,23)25-21-11-7-3-1-5-9(11)10-6-2-4-8-12(10)24-14(19,20)13(16,17)18/h1-8,21H/p+1.